The number of ketones is 1. The Hall–Kier alpha value is -4.74. The highest BCUT2D eigenvalue weighted by Gasteiger charge is 2.27. The molecule has 2 aromatic heterocycles. The Bertz CT molecular complexity index is 1570. The summed E-state index contributed by atoms with van der Waals surface area (Å²) in [4.78, 5) is 76.4. The fourth-order valence-corrected chi connectivity index (χ4v) is 5.04. The number of benzene rings is 1. The van der Waals surface area contributed by atoms with Crippen LogP contribution < -0.4 is 26.8 Å². The average Bonchev–Trinajstić information content (AvgIpc) is 3.35. The van der Waals surface area contributed by atoms with E-state index in [0.717, 1.165) is 24.6 Å². The highest BCUT2D eigenvalue weighted by molar-refractivity contribution is 6.36. The average molecular weight is 608 g/mol. The number of nitrogens with one attached hydrogen (secondary N) is 4. The number of likely N-dealkylation sites (N-methyl/N-ethyl adjacent to an activating group) is 1. The highest BCUT2D eigenvalue weighted by atomic mass is 16.3. The third-order valence-electron chi connectivity index (χ3n) is 7.65. The second-order valence-corrected chi connectivity index (χ2v) is 10.9. The number of nitrogens with zero attached hydrogens (tertiary/aromatic N) is 1. The molecular weight excluding hydrogens is 566 g/mol. The van der Waals surface area contributed by atoms with Crippen molar-refractivity contribution in [3.05, 3.63) is 64.3 Å². The molecule has 0 fully saturated rings. The molecule has 3 rings (SSSR count). The molecule has 4 amide bonds. The zero-order valence-corrected chi connectivity index (χ0v) is 25.8. The van der Waals surface area contributed by atoms with Crippen molar-refractivity contribution in [2.75, 3.05) is 12.4 Å². The lowest BCUT2D eigenvalue weighted by atomic mass is 9.95. The van der Waals surface area contributed by atoms with Gasteiger partial charge in [0.1, 0.15) is 23.9 Å². The minimum atomic E-state index is -1.30. The normalized spacial score (nSPS) is 12.4. The predicted molar refractivity (Wildman–Crippen MR) is 166 cm³/mol. The summed E-state index contributed by atoms with van der Waals surface area (Å²) in [6, 6.07) is 8.59. The summed E-state index contributed by atoms with van der Waals surface area (Å²) in [5.41, 5.74) is 0.317. The van der Waals surface area contributed by atoms with Gasteiger partial charge in [-0.25, -0.2) is 0 Å². The third kappa shape index (κ3) is 8.65. The Morgan fingerprint density at radius 3 is 2.34 bits per heavy atom. The van der Waals surface area contributed by atoms with Crippen LogP contribution in [0.25, 0.3) is 11.0 Å². The number of Topliss-reactive ketones (excluding diaryl/α,β-unsaturated/α-hetero) is 1. The number of para-hydroxylation sites is 1. The van der Waals surface area contributed by atoms with Crippen LogP contribution in [0.5, 0.6) is 0 Å². The maximum Gasteiger partial charge on any atom is 0.287 e. The summed E-state index contributed by atoms with van der Waals surface area (Å²) in [7, 11) is 1.31. The van der Waals surface area contributed by atoms with Gasteiger partial charge in [0.2, 0.25) is 17.6 Å². The summed E-state index contributed by atoms with van der Waals surface area (Å²) < 4.78 is 6.88. The number of aryl methyl sites for hydroxylation is 1. The first-order valence-corrected chi connectivity index (χ1v) is 14.8. The van der Waals surface area contributed by atoms with E-state index in [4.69, 9.17) is 4.42 Å². The third-order valence-corrected chi connectivity index (χ3v) is 7.65. The largest absolute Gasteiger partial charge is 0.451 e. The highest BCUT2D eigenvalue weighted by Crippen LogP contribution is 2.25. The van der Waals surface area contributed by atoms with Gasteiger partial charge in [-0.2, -0.15) is 0 Å². The van der Waals surface area contributed by atoms with Crippen molar-refractivity contribution in [1.82, 2.24) is 20.5 Å². The molecule has 2 heterocycles. The lowest BCUT2D eigenvalue weighted by molar-refractivity contribution is -0.137. The van der Waals surface area contributed by atoms with Gasteiger partial charge in [-0.05, 0) is 50.8 Å². The van der Waals surface area contributed by atoms with E-state index in [1.54, 1.807) is 31.2 Å². The van der Waals surface area contributed by atoms with Crippen LogP contribution in [0.2, 0.25) is 0 Å². The molecule has 0 aliphatic rings. The molecule has 3 aromatic rings. The first-order valence-electron chi connectivity index (χ1n) is 14.8. The van der Waals surface area contributed by atoms with Crippen molar-refractivity contribution in [2.24, 2.45) is 5.92 Å². The molecular formula is C32H41N5O7. The van der Waals surface area contributed by atoms with Gasteiger partial charge in [-0.3, -0.25) is 28.8 Å². The van der Waals surface area contributed by atoms with E-state index in [2.05, 4.69) is 35.1 Å². The molecule has 44 heavy (non-hydrogen) atoms. The molecule has 0 saturated heterocycles. The molecule has 1 unspecified atom stereocenters. The number of amides is 4. The van der Waals surface area contributed by atoms with Gasteiger partial charge >= 0.3 is 0 Å². The SMILES string of the molecule is CCC(CC)CC(C)NC(=O)Cn1cccc(NC(=O)[C@H](CCC(=O)C(=O)NC)NC(=O)c2oc3ccccc3c2C)c1=O. The van der Waals surface area contributed by atoms with E-state index in [1.807, 2.05) is 6.92 Å². The number of hydrogen-bond donors (Lipinski definition) is 4. The van der Waals surface area contributed by atoms with E-state index >= 15 is 0 Å². The number of rotatable bonds is 15. The van der Waals surface area contributed by atoms with Crippen molar-refractivity contribution < 1.29 is 28.4 Å². The molecule has 236 valence electrons. The van der Waals surface area contributed by atoms with Crippen LogP contribution in [0.4, 0.5) is 5.69 Å². The van der Waals surface area contributed by atoms with Gasteiger partial charge in [-0.15, -0.1) is 0 Å². The summed E-state index contributed by atoms with van der Waals surface area (Å²) in [6.45, 7) is 7.60. The maximum atomic E-state index is 13.4. The zero-order valence-electron chi connectivity index (χ0n) is 25.8. The van der Waals surface area contributed by atoms with Gasteiger partial charge in [-0.1, -0.05) is 44.9 Å². The van der Waals surface area contributed by atoms with Gasteiger partial charge in [0, 0.05) is 36.7 Å². The van der Waals surface area contributed by atoms with Gasteiger partial charge in [0.15, 0.2) is 5.76 Å². The number of carbonyl (C=O) groups excluding carboxylic acids is 5. The van der Waals surface area contributed by atoms with Crippen LogP contribution >= 0.6 is 0 Å². The molecule has 0 aliphatic heterocycles. The number of carbonyl (C=O) groups is 5. The number of pyridine rings is 1. The van der Waals surface area contributed by atoms with E-state index in [-0.39, 0.29) is 42.8 Å². The second kappa shape index (κ2) is 15.6. The quantitative estimate of drug-likeness (QED) is 0.193. The van der Waals surface area contributed by atoms with Gasteiger partial charge in [0.05, 0.1) is 0 Å². The second-order valence-electron chi connectivity index (χ2n) is 10.9. The van der Waals surface area contributed by atoms with Gasteiger partial charge < -0.3 is 30.3 Å². The number of hydrogen-bond acceptors (Lipinski definition) is 7. The summed E-state index contributed by atoms with van der Waals surface area (Å²) >= 11 is 0. The molecule has 2 atom stereocenters. The summed E-state index contributed by atoms with van der Waals surface area (Å²) in [5.74, 6) is -2.94. The molecule has 0 saturated carbocycles. The van der Waals surface area contributed by atoms with Crippen LogP contribution in [0, 0.1) is 12.8 Å². The molecule has 0 spiro atoms. The van der Waals surface area contributed by atoms with Crippen LogP contribution in [0.1, 0.15) is 69.0 Å². The van der Waals surface area contributed by atoms with Gasteiger partial charge in [0.25, 0.3) is 17.4 Å². The number of furan rings is 1. The minimum Gasteiger partial charge on any atom is -0.451 e. The topological polar surface area (TPSA) is 169 Å². The molecule has 0 bridgehead atoms. The van der Waals surface area contributed by atoms with Crippen molar-refractivity contribution in [1.29, 1.82) is 0 Å². The zero-order chi connectivity index (χ0) is 32.4. The number of anilines is 1. The fraction of sp³-hybridized carbons (Fsp3) is 0.438. The Morgan fingerprint density at radius 2 is 1.68 bits per heavy atom. The molecule has 12 nitrogen and oxygen atoms in total. The Kier molecular flexibility index (Phi) is 12.0. The van der Waals surface area contributed by atoms with Crippen molar-refractivity contribution in [3.63, 3.8) is 0 Å². The van der Waals surface area contributed by atoms with Crippen LogP contribution in [0.15, 0.2) is 51.8 Å². The van der Waals surface area contributed by atoms with Crippen molar-refractivity contribution in [3.8, 4) is 0 Å². The number of fused-ring (bicyclic) bond motifs is 1. The predicted octanol–water partition coefficient (Wildman–Crippen LogP) is 3.07. The molecule has 1 aromatic carbocycles. The number of aromatic nitrogens is 1. The van der Waals surface area contributed by atoms with Crippen molar-refractivity contribution in [2.45, 2.75) is 78.4 Å². The lowest BCUT2D eigenvalue weighted by Crippen LogP contribution is -2.45. The van der Waals surface area contributed by atoms with E-state index in [1.165, 1.54) is 29.9 Å². The maximum absolute atomic E-state index is 13.4. The van der Waals surface area contributed by atoms with Crippen LogP contribution in [-0.4, -0.2) is 53.1 Å². The lowest BCUT2D eigenvalue weighted by Gasteiger charge is -2.20. The standard InChI is InChI=1S/C32H41N5O7/c1-6-21(7-2)17-19(3)34-27(39)18-37-16-10-12-24(32(37)43)36-29(40)23(14-15-25(38)30(41)33-5)35-31(42)28-20(4)22-11-8-9-13-26(22)44-28/h8-13,16,19,21,23H,6-7,14-15,17-18H2,1-5H3,(H,33,41)(H,34,39)(H,35,42)(H,36,40)/t19?,23-/m0/s1. The smallest absolute Gasteiger partial charge is 0.287 e. The fourth-order valence-electron chi connectivity index (χ4n) is 5.04. The molecule has 0 aliphatic carbocycles. The van der Waals surface area contributed by atoms with Crippen LogP contribution in [-0.2, 0) is 25.7 Å². The Morgan fingerprint density at radius 1 is 0.977 bits per heavy atom. The molecule has 0 radical (unpaired) electrons. The van der Waals surface area contributed by atoms with Crippen molar-refractivity contribution >= 4 is 46.1 Å². The monoisotopic (exact) mass is 607 g/mol. The van der Waals surface area contributed by atoms with E-state index in [9.17, 15) is 28.8 Å². The Labute approximate surface area is 255 Å². The summed E-state index contributed by atoms with van der Waals surface area (Å²) in [6.07, 6.45) is 3.72. The Balaban J connectivity index is 1.77. The molecule has 12 heteroatoms. The summed E-state index contributed by atoms with van der Waals surface area (Å²) in [5, 5.41) is 11.0. The van der Waals surface area contributed by atoms with Crippen LogP contribution in [0.3, 0.4) is 0 Å². The minimum absolute atomic E-state index is 0.00636. The first kappa shape index (κ1) is 33.8. The first-order chi connectivity index (χ1) is 21.0. The van der Waals surface area contributed by atoms with E-state index < -0.39 is 35.1 Å². The van der Waals surface area contributed by atoms with E-state index in [0.29, 0.717) is 17.1 Å². The molecule has 4 N–H and O–H groups in total.